The lowest BCUT2D eigenvalue weighted by molar-refractivity contribution is -0.130. The molecule has 0 spiro atoms. The molecule has 1 aliphatic rings. The van der Waals surface area contributed by atoms with Gasteiger partial charge in [-0.15, -0.1) is 0 Å². The van der Waals surface area contributed by atoms with Gasteiger partial charge in [0.15, 0.2) is 0 Å². The highest BCUT2D eigenvalue weighted by molar-refractivity contribution is 5.95. The van der Waals surface area contributed by atoms with Gasteiger partial charge in [0.25, 0.3) is 5.91 Å². The van der Waals surface area contributed by atoms with E-state index in [0.717, 1.165) is 5.56 Å². The van der Waals surface area contributed by atoms with Crippen molar-refractivity contribution in [2.45, 2.75) is 19.4 Å². The molecule has 0 aliphatic carbocycles. The van der Waals surface area contributed by atoms with Crippen molar-refractivity contribution >= 4 is 17.7 Å². The van der Waals surface area contributed by atoms with E-state index >= 15 is 0 Å². The minimum atomic E-state index is -0.396. The maximum atomic E-state index is 12.5. The first-order chi connectivity index (χ1) is 15.4. The van der Waals surface area contributed by atoms with Crippen molar-refractivity contribution in [1.82, 2.24) is 15.5 Å². The van der Waals surface area contributed by atoms with Gasteiger partial charge in [-0.1, -0.05) is 30.3 Å². The highest BCUT2D eigenvalue weighted by Gasteiger charge is 2.36. The Hall–Kier alpha value is -3.55. The van der Waals surface area contributed by atoms with Crippen LogP contribution in [0.3, 0.4) is 0 Å². The van der Waals surface area contributed by atoms with Crippen LogP contribution in [-0.2, 0) is 9.59 Å². The van der Waals surface area contributed by atoms with Crippen molar-refractivity contribution in [1.29, 1.82) is 0 Å². The molecule has 170 valence electrons. The molecule has 0 saturated carbocycles. The maximum Gasteiger partial charge on any atom is 0.251 e. The molecular weight excluding hydrogens is 410 g/mol. The zero-order valence-corrected chi connectivity index (χ0v) is 18.6. The summed E-state index contributed by atoms with van der Waals surface area (Å²) in [7, 11) is 3.03. The van der Waals surface area contributed by atoms with E-state index in [1.54, 1.807) is 23.1 Å². The van der Waals surface area contributed by atoms with E-state index < -0.39 is 5.92 Å². The van der Waals surface area contributed by atoms with Gasteiger partial charge in [-0.05, 0) is 24.6 Å². The van der Waals surface area contributed by atoms with Gasteiger partial charge in [-0.3, -0.25) is 14.4 Å². The number of rotatable bonds is 9. The smallest absolute Gasteiger partial charge is 0.251 e. The topological polar surface area (TPSA) is 97.0 Å². The van der Waals surface area contributed by atoms with Gasteiger partial charge < -0.3 is 25.0 Å². The largest absolute Gasteiger partial charge is 0.497 e. The van der Waals surface area contributed by atoms with Crippen molar-refractivity contribution in [2.24, 2.45) is 5.92 Å². The number of ether oxygens (including phenoxy) is 2. The summed E-state index contributed by atoms with van der Waals surface area (Å²) in [5.74, 6) is 0.133. The van der Waals surface area contributed by atoms with E-state index in [0.29, 0.717) is 23.6 Å². The van der Waals surface area contributed by atoms with Crippen LogP contribution >= 0.6 is 0 Å². The Balaban J connectivity index is 1.46. The summed E-state index contributed by atoms with van der Waals surface area (Å²) in [4.78, 5) is 39.1. The molecule has 1 fully saturated rings. The second-order valence-corrected chi connectivity index (χ2v) is 7.68. The van der Waals surface area contributed by atoms with Crippen molar-refractivity contribution in [2.75, 3.05) is 33.9 Å². The number of methoxy groups -OCH3 is 2. The normalized spacial score (nSPS) is 16.4. The molecule has 2 atom stereocenters. The van der Waals surface area contributed by atoms with Gasteiger partial charge in [0, 0.05) is 37.7 Å². The fraction of sp³-hybridized carbons (Fsp3) is 0.375. The predicted octanol–water partition coefficient (Wildman–Crippen LogP) is 2.16. The molecule has 1 heterocycles. The molecule has 1 saturated heterocycles. The van der Waals surface area contributed by atoms with E-state index in [1.807, 2.05) is 37.3 Å². The van der Waals surface area contributed by atoms with Gasteiger partial charge >= 0.3 is 0 Å². The Bertz CT molecular complexity index is 941. The zero-order valence-electron chi connectivity index (χ0n) is 18.6. The first-order valence-corrected chi connectivity index (χ1v) is 10.6. The number of nitrogens with zero attached hydrogens (tertiary/aromatic N) is 1. The average molecular weight is 440 g/mol. The first-order valence-electron chi connectivity index (χ1n) is 10.6. The standard InChI is InChI=1S/C24H29N3O5/c1-16(17-7-5-4-6-8-17)27-15-19(13-22(27)28)24(30)26-10-9-25-23(29)18-11-20(31-2)14-21(12-18)32-3/h4-8,11-12,14,16,19H,9-10,13,15H2,1-3H3,(H,25,29)(H,26,30). The van der Waals surface area contributed by atoms with E-state index in [9.17, 15) is 14.4 Å². The van der Waals surface area contributed by atoms with Crippen LogP contribution in [0.5, 0.6) is 11.5 Å². The van der Waals surface area contributed by atoms with E-state index in [2.05, 4.69) is 10.6 Å². The Morgan fingerprint density at radius 1 is 1.03 bits per heavy atom. The van der Waals surface area contributed by atoms with Crippen LogP contribution in [-0.4, -0.2) is 56.5 Å². The third kappa shape index (κ3) is 5.57. The van der Waals surface area contributed by atoms with Gasteiger partial charge in [-0.2, -0.15) is 0 Å². The highest BCUT2D eigenvalue weighted by atomic mass is 16.5. The Morgan fingerprint density at radius 3 is 2.28 bits per heavy atom. The molecule has 0 radical (unpaired) electrons. The monoisotopic (exact) mass is 439 g/mol. The molecule has 0 bridgehead atoms. The molecule has 3 rings (SSSR count). The van der Waals surface area contributed by atoms with E-state index in [4.69, 9.17) is 9.47 Å². The average Bonchev–Trinajstić information content (AvgIpc) is 3.22. The van der Waals surface area contributed by atoms with Crippen LogP contribution in [0.25, 0.3) is 0 Å². The lowest BCUT2D eigenvalue weighted by atomic mass is 10.1. The van der Waals surface area contributed by atoms with Crippen molar-refractivity contribution < 1.29 is 23.9 Å². The second kappa shape index (κ2) is 10.7. The Kier molecular flexibility index (Phi) is 7.70. The molecule has 3 amide bonds. The number of amides is 3. The summed E-state index contributed by atoms with van der Waals surface area (Å²) in [6, 6.07) is 14.6. The van der Waals surface area contributed by atoms with Crippen LogP contribution in [0.4, 0.5) is 0 Å². The number of likely N-dealkylation sites (tertiary alicyclic amines) is 1. The summed E-state index contributed by atoms with van der Waals surface area (Å²) in [6.45, 7) is 2.88. The molecule has 1 aliphatic heterocycles. The fourth-order valence-corrected chi connectivity index (χ4v) is 3.74. The number of carbonyl (C=O) groups excluding carboxylic acids is 3. The SMILES string of the molecule is COc1cc(OC)cc(C(=O)NCCNC(=O)C2CC(=O)N(C(C)c3ccccc3)C2)c1. The second-order valence-electron chi connectivity index (χ2n) is 7.68. The summed E-state index contributed by atoms with van der Waals surface area (Å²) in [5, 5.41) is 5.58. The van der Waals surface area contributed by atoms with Crippen molar-refractivity contribution in [3.05, 3.63) is 59.7 Å². The van der Waals surface area contributed by atoms with Crippen LogP contribution in [0.2, 0.25) is 0 Å². The summed E-state index contributed by atoms with van der Waals surface area (Å²) >= 11 is 0. The van der Waals surface area contributed by atoms with Gasteiger partial charge in [0.05, 0.1) is 26.2 Å². The molecule has 0 aromatic heterocycles. The summed E-state index contributed by atoms with van der Waals surface area (Å²) in [5.41, 5.74) is 1.44. The predicted molar refractivity (Wildman–Crippen MR) is 120 cm³/mol. The molecule has 2 unspecified atom stereocenters. The van der Waals surface area contributed by atoms with Crippen LogP contribution in [0, 0.1) is 5.92 Å². The number of nitrogens with one attached hydrogen (secondary N) is 2. The zero-order chi connectivity index (χ0) is 23.1. The minimum absolute atomic E-state index is 0.0261. The van der Waals surface area contributed by atoms with Gasteiger partial charge in [-0.25, -0.2) is 0 Å². The number of hydrogen-bond donors (Lipinski definition) is 2. The third-order valence-corrected chi connectivity index (χ3v) is 5.60. The molecule has 8 nitrogen and oxygen atoms in total. The number of benzene rings is 2. The van der Waals surface area contributed by atoms with Gasteiger partial charge in [0.2, 0.25) is 11.8 Å². The van der Waals surface area contributed by atoms with E-state index in [1.165, 1.54) is 14.2 Å². The fourth-order valence-electron chi connectivity index (χ4n) is 3.74. The molecular formula is C24H29N3O5. The lowest BCUT2D eigenvalue weighted by Gasteiger charge is -2.25. The van der Waals surface area contributed by atoms with Crippen LogP contribution in [0.1, 0.15) is 35.3 Å². The van der Waals surface area contributed by atoms with Gasteiger partial charge in [0.1, 0.15) is 11.5 Å². The number of carbonyl (C=O) groups is 3. The molecule has 2 aromatic rings. The maximum absolute atomic E-state index is 12.5. The summed E-state index contributed by atoms with van der Waals surface area (Å²) < 4.78 is 10.4. The Labute approximate surface area is 187 Å². The van der Waals surface area contributed by atoms with E-state index in [-0.39, 0.29) is 43.3 Å². The molecule has 32 heavy (non-hydrogen) atoms. The molecule has 2 N–H and O–H groups in total. The Morgan fingerprint density at radius 2 is 1.66 bits per heavy atom. The van der Waals surface area contributed by atoms with Crippen molar-refractivity contribution in [3.63, 3.8) is 0 Å². The highest BCUT2D eigenvalue weighted by Crippen LogP contribution is 2.28. The third-order valence-electron chi connectivity index (χ3n) is 5.60. The first kappa shape index (κ1) is 23.1. The van der Waals surface area contributed by atoms with Crippen LogP contribution in [0.15, 0.2) is 48.5 Å². The molecule has 8 heteroatoms. The lowest BCUT2D eigenvalue weighted by Crippen LogP contribution is -2.38. The quantitative estimate of drug-likeness (QED) is 0.584. The summed E-state index contributed by atoms with van der Waals surface area (Å²) in [6.07, 6.45) is 0.193. The minimum Gasteiger partial charge on any atom is -0.497 e. The molecule has 2 aromatic carbocycles. The van der Waals surface area contributed by atoms with Crippen LogP contribution < -0.4 is 20.1 Å². The van der Waals surface area contributed by atoms with Crippen molar-refractivity contribution in [3.8, 4) is 11.5 Å². The number of hydrogen-bond acceptors (Lipinski definition) is 5.